The summed E-state index contributed by atoms with van der Waals surface area (Å²) in [5.74, 6) is 1.62. The van der Waals surface area contributed by atoms with Crippen molar-refractivity contribution in [3.8, 4) is 5.75 Å². The predicted octanol–water partition coefficient (Wildman–Crippen LogP) is 4.63. The minimum absolute atomic E-state index is 0.0317. The van der Waals surface area contributed by atoms with E-state index in [2.05, 4.69) is 50.4 Å². The first-order valence-electron chi connectivity index (χ1n) is 9.48. The third-order valence-corrected chi connectivity index (χ3v) is 4.76. The second-order valence-electron chi connectivity index (χ2n) is 8.30. The molecule has 26 heavy (non-hydrogen) atoms. The van der Waals surface area contributed by atoms with Crippen LogP contribution in [0.1, 0.15) is 50.3 Å². The molecular formula is C23H29NO2. The third kappa shape index (κ3) is 5.62. The number of benzene rings is 2. The molecule has 0 aromatic heterocycles. The second kappa shape index (κ2) is 7.94. The quantitative estimate of drug-likeness (QED) is 0.790. The van der Waals surface area contributed by atoms with Crippen LogP contribution in [-0.4, -0.2) is 12.5 Å². The minimum Gasteiger partial charge on any atom is -0.493 e. The van der Waals surface area contributed by atoms with E-state index in [0.29, 0.717) is 13.0 Å². The lowest BCUT2D eigenvalue weighted by atomic mass is 9.87. The van der Waals surface area contributed by atoms with Crippen LogP contribution >= 0.6 is 0 Å². The highest BCUT2D eigenvalue weighted by molar-refractivity contribution is 5.78. The summed E-state index contributed by atoms with van der Waals surface area (Å²) in [7, 11) is 0. The van der Waals surface area contributed by atoms with Crippen LogP contribution in [0.2, 0.25) is 0 Å². The van der Waals surface area contributed by atoms with Crippen LogP contribution < -0.4 is 10.1 Å². The van der Waals surface area contributed by atoms with Crippen molar-refractivity contribution in [2.24, 2.45) is 5.92 Å². The molecule has 138 valence electrons. The first kappa shape index (κ1) is 18.5. The molecule has 1 aliphatic rings. The lowest BCUT2D eigenvalue weighted by Gasteiger charge is -2.19. The molecule has 1 amide bonds. The normalized spacial score (nSPS) is 14.1. The van der Waals surface area contributed by atoms with Crippen molar-refractivity contribution in [1.29, 1.82) is 0 Å². The van der Waals surface area contributed by atoms with Gasteiger partial charge in [-0.25, -0.2) is 0 Å². The average Bonchev–Trinajstić information content (AvgIpc) is 3.43. The molecular weight excluding hydrogens is 322 g/mol. The Balaban J connectivity index is 1.48. The minimum atomic E-state index is 0.0317. The van der Waals surface area contributed by atoms with Gasteiger partial charge in [0.05, 0.1) is 13.0 Å². The summed E-state index contributed by atoms with van der Waals surface area (Å²) in [4.78, 5) is 12.2. The van der Waals surface area contributed by atoms with E-state index < -0.39 is 0 Å². The number of ether oxygens (including phenoxy) is 1. The van der Waals surface area contributed by atoms with Gasteiger partial charge < -0.3 is 10.1 Å². The number of nitrogens with one attached hydrogen (secondary N) is 1. The zero-order chi connectivity index (χ0) is 18.6. The second-order valence-corrected chi connectivity index (χ2v) is 8.30. The molecule has 1 aliphatic carbocycles. The molecule has 0 aliphatic heterocycles. The van der Waals surface area contributed by atoms with Crippen molar-refractivity contribution in [2.45, 2.75) is 52.0 Å². The summed E-state index contributed by atoms with van der Waals surface area (Å²) in [6.07, 6.45) is 2.93. The van der Waals surface area contributed by atoms with E-state index in [-0.39, 0.29) is 11.3 Å². The molecule has 1 saturated carbocycles. The molecule has 0 spiro atoms. The van der Waals surface area contributed by atoms with E-state index in [4.69, 9.17) is 4.74 Å². The molecule has 1 fully saturated rings. The Morgan fingerprint density at radius 2 is 1.81 bits per heavy atom. The number of amides is 1. The van der Waals surface area contributed by atoms with Crippen LogP contribution in [0.3, 0.4) is 0 Å². The highest BCUT2D eigenvalue weighted by Crippen LogP contribution is 2.29. The molecule has 3 rings (SSSR count). The molecule has 0 radical (unpaired) electrons. The van der Waals surface area contributed by atoms with Gasteiger partial charge in [0.15, 0.2) is 0 Å². The van der Waals surface area contributed by atoms with Crippen molar-refractivity contribution in [3.63, 3.8) is 0 Å². The van der Waals surface area contributed by atoms with E-state index in [1.54, 1.807) is 0 Å². The van der Waals surface area contributed by atoms with Crippen LogP contribution in [0, 0.1) is 5.92 Å². The fraction of sp³-hybridized carbons (Fsp3) is 0.435. The van der Waals surface area contributed by atoms with Gasteiger partial charge >= 0.3 is 0 Å². The molecule has 3 nitrogen and oxygen atoms in total. The standard InChI is InChI=1S/C23H29NO2/c1-23(2,3)20-11-9-17(10-12-20)15-24-22(25)14-19-5-4-6-21(13-19)26-16-18-7-8-18/h4-6,9-13,18H,7-8,14-16H2,1-3H3,(H,24,25). The van der Waals surface area contributed by atoms with E-state index in [1.807, 2.05) is 24.3 Å². The maximum absolute atomic E-state index is 12.2. The Hall–Kier alpha value is -2.29. The molecule has 0 bridgehead atoms. The average molecular weight is 351 g/mol. The van der Waals surface area contributed by atoms with Gasteiger partial charge in [-0.3, -0.25) is 4.79 Å². The number of carbonyl (C=O) groups excluding carboxylic acids is 1. The highest BCUT2D eigenvalue weighted by atomic mass is 16.5. The maximum Gasteiger partial charge on any atom is 0.224 e. The molecule has 0 unspecified atom stereocenters. The van der Waals surface area contributed by atoms with Gasteiger partial charge in [0.25, 0.3) is 0 Å². The van der Waals surface area contributed by atoms with Crippen LogP contribution in [-0.2, 0) is 23.2 Å². The molecule has 0 heterocycles. The molecule has 2 aromatic rings. The van der Waals surface area contributed by atoms with Gasteiger partial charge in [0.2, 0.25) is 5.91 Å². The van der Waals surface area contributed by atoms with Gasteiger partial charge in [-0.05, 0) is 53.0 Å². The zero-order valence-corrected chi connectivity index (χ0v) is 16.0. The van der Waals surface area contributed by atoms with Crippen molar-refractivity contribution in [2.75, 3.05) is 6.61 Å². The van der Waals surface area contributed by atoms with Crippen LogP contribution in [0.4, 0.5) is 0 Å². The Kier molecular flexibility index (Phi) is 5.65. The van der Waals surface area contributed by atoms with Crippen LogP contribution in [0.25, 0.3) is 0 Å². The SMILES string of the molecule is CC(C)(C)c1ccc(CNC(=O)Cc2cccc(OCC3CC3)c2)cc1. The summed E-state index contributed by atoms with van der Waals surface area (Å²) in [5.41, 5.74) is 3.55. The lowest BCUT2D eigenvalue weighted by Crippen LogP contribution is -2.24. The van der Waals surface area contributed by atoms with Crippen molar-refractivity contribution >= 4 is 5.91 Å². The summed E-state index contributed by atoms with van der Waals surface area (Å²) in [5, 5.41) is 3.01. The summed E-state index contributed by atoms with van der Waals surface area (Å²) >= 11 is 0. The summed E-state index contributed by atoms with van der Waals surface area (Å²) < 4.78 is 5.79. The number of rotatable bonds is 7. The Morgan fingerprint density at radius 1 is 1.08 bits per heavy atom. The van der Waals surface area contributed by atoms with E-state index in [0.717, 1.165) is 29.4 Å². The van der Waals surface area contributed by atoms with Crippen molar-refractivity contribution < 1.29 is 9.53 Å². The van der Waals surface area contributed by atoms with E-state index in [1.165, 1.54) is 18.4 Å². The predicted molar refractivity (Wildman–Crippen MR) is 105 cm³/mol. The number of hydrogen-bond acceptors (Lipinski definition) is 2. The van der Waals surface area contributed by atoms with Gasteiger partial charge in [0.1, 0.15) is 5.75 Å². The van der Waals surface area contributed by atoms with Crippen molar-refractivity contribution in [3.05, 3.63) is 65.2 Å². The van der Waals surface area contributed by atoms with Crippen LogP contribution in [0.5, 0.6) is 5.75 Å². The van der Waals surface area contributed by atoms with Gasteiger partial charge in [-0.15, -0.1) is 0 Å². The first-order valence-corrected chi connectivity index (χ1v) is 9.48. The number of carbonyl (C=O) groups is 1. The largest absolute Gasteiger partial charge is 0.493 e. The van der Waals surface area contributed by atoms with Gasteiger partial charge in [-0.2, -0.15) is 0 Å². The molecule has 1 N–H and O–H groups in total. The maximum atomic E-state index is 12.2. The topological polar surface area (TPSA) is 38.3 Å². The highest BCUT2D eigenvalue weighted by Gasteiger charge is 2.21. The number of hydrogen-bond donors (Lipinski definition) is 1. The monoisotopic (exact) mass is 351 g/mol. The van der Waals surface area contributed by atoms with Crippen molar-refractivity contribution in [1.82, 2.24) is 5.32 Å². The fourth-order valence-corrected chi connectivity index (χ4v) is 2.81. The lowest BCUT2D eigenvalue weighted by molar-refractivity contribution is -0.120. The molecule has 2 aromatic carbocycles. The summed E-state index contributed by atoms with van der Waals surface area (Å²) in [6.45, 7) is 7.95. The van der Waals surface area contributed by atoms with E-state index >= 15 is 0 Å². The smallest absolute Gasteiger partial charge is 0.224 e. The fourth-order valence-electron chi connectivity index (χ4n) is 2.81. The Labute approximate surface area is 156 Å². The zero-order valence-electron chi connectivity index (χ0n) is 16.0. The molecule has 3 heteroatoms. The summed E-state index contributed by atoms with van der Waals surface area (Å²) in [6, 6.07) is 16.3. The van der Waals surface area contributed by atoms with Crippen LogP contribution in [0.15, 0.2) is 48.5 Å². The third-order valence-electron chi connectivity index (χ3n) is 4.76. The van der Waals surface area contributed by atoms with Gasteiger partial charge in [-0.1, -0.05) is 57.2 Å². The molecule has 0 atom stereocenters. The van der Waals surface area contributed by atoms with Gasteiger partial charge in [0, 0.05) is 6.54 Å². The Bertz CT molecular complexity index is 740. The Morgan fingerprint density at radius 3 is 2.46 bits per heavy atom. The van der Waals surface area contributed by atoms with E-state index in [9.17, 15) is 4.79 Å². The molecule has 0 saturated heterocycles. The first-order chi connectivity index (χ1) is 12.4.